The van der Waals surface area contributed by atoms with Gasteiger partial charge in [-0.2, -0.15) is 0 Å². The van der Waals surface area contributed by atoms with Gasteiger partial charge in [-0.05, 0) is 32.1 Å². The fourth-order valence-electron chi connectivity index (χ4n) is 3.30. The summed E-state index contributed by atoms with van der Waals surface area (Å²) in [4.78, 5) is 22.6. The minimum atomic E-state index is -1.78. The molecule has 0 spiro atoms. The van der Waals surface area contributed by atoms with Crippen molar-refractivity contribution in [2.24, 2.45) is 0 Å². The lowest BCUT2D eigenvalue weighted by atomic mass is 10.0. The van der Waals surface area contributed by atoms with E-state index in [1.165, 1.54) is 0 Å². The Hall–Kier alpha value is -1.72. The van der Waals surface area contributed by atoms with Crippen LogP contribution in [0.4, 0.5) is 10.2 Å². The van der Waals surface area contributed by atoms with Crippen molar-refractivity contribution in [1.29, 1.82) is 0 Å². The van der Waals surface area contributed by atoms with Crippen LogP contribution in [0, 0.1) is 0 Å². The smallest absolute Gasteiger partial charge is 0.259 e. The van der Waals surface area contributed by atoms with Crippen molar-refractivity contribution in [3.05, 3.63) is 17.6 Å². The molecule has 0 bridgehead atoms. The summed E-state index contributed by atoms with van der Waals surface area (Å²) < 4.78 is 14.9. The van der Waals surface area contributed by atoms with Gasteiger partial charge >= 0.3 is 0 Å². The normalized spacial score (nSPS) is 27.8. The van der Waals surface area contributed by atoms with E-state index in [0.717, 1.165) is 49.2 Å². The topological polar surface area (TPSA) is 58.1 Å². The lowest BCUT2D eigenvalue weighted by Crippen LogP contribution is -2.46. The third-order valence-electron chi connectivity index (χ3n) is 4.69. The van der Waals surface area contributed by atoms with Crippen LogP contribution in [0.5, 0.6) is 0 Å². The van der Waals surface area contributed by atoms with Crippen LogP contribution < -0.4 is 10.2 Å². The van der Waals surface area contributed by atoms with E-state index in [2.05, 4.69) is 15.3 Å². The monoisotopic (exact) mass is 290 g/mol. The summed E-state index contributed by atoms with van der Waals surface area (Å²) in [5.74, 6) is 0.384. The number of hydrogen-bond donors (Lipinski definition) is 1. The number of nitrogens with one attached hydrogen (secondary N) is 1. The standard InChI is InChI=1S/C15H19FN4O/c16-15(14(21)19-10-4-5-10)6-7-20(8-15)13-11-2-1-3-12(11)17-9-18-13/h9-10H,1-8H2,(H,19,21). The highest BCUT2D eigenvalue weighted by atomic mass is 19.1. The molecule has 0 radical (unpaired) electrons. The Morgan fingerprint density at radius 3 is 3.05 bits per heavy atom. The second kappa shape index (κ2) is 4.64. The van der Waals surface area contributed by atoms with E-state index >= 15 is 0 Å². The van der Waals surface area contributed by atoms with Crippen LogP contribution in [-0.2, 0) is 17.6 Å². The number of alkyl halides is 1. The molecule has 3 aliphatic rings. The number of carbonyl (C=O) groups excluding carboxylic acids is 1. The number of halogens is 1. The summed E-state index contributed by atoms with van der Waals surface area (Å²) in [5, 5.41) is 2.79. The Balaban J connectivity index is 1.53. The number of amides is 1. The van der Waals surface area contributed by atoms with Crippen molar-refractivity contribution >= 4 is 11.7 Å². The molecule has 6 heteroatoms. The first-order chi connectivity index (χ1) is 10.2. The van der Waals surface area contributed by atoms with Crippen LogP contribution in [0.15, 0.2) is 6.33 Å². The molecule has 1 amide bonds. The molecule has 5 nitrogen and oxygen atoms in total. The summed E-state index contributed by atoms with van der Waals surface area (Å²) in [7, 11) is 0. The second-order valence-electron chi connectivity index (χ2n) is 6.36. The van der Waals surface area contributed by atoms with E-state index in [1.807, 2.05) is 4.90 Å². The summed E-state index contributed by atoms with van der Waals surface area (Å²) in [5.41, 5.74) is 0.446. The Morgan fingerprint density at radius 1 is 1.38 bits per heavy atom. The number of fused-ring (bicyclic) bond motifs is 1. The lowest BCUT2D eigenvalue weighted by Gasteiger charge is -2.22. The maximum atomic E-state index is 14.9. The fourth-order valence-corrected chi connectivity index (χ4v) is 3.30. The number of rotatable bonds is 3. The van der Waals surface area contributed by atoms with Crippen molar-refractivity contribution in [3.63, 3.8) is 0 Å². The van der Waals surface area contributed by atoms with Crippen molar-refractivity contribution in [3.8, 4) is 0 Å². The van der Waals surface area contributed by atoms with Gasteiger partial charge in [0, 0.05) is 30.3 Å². The van der Waals surface area contributed by atoms with Gasteiger partial charge < -0.3 is 10.2 Å². The molecular weight excluding hydrogens is 271 g/mol. The molecule has 1 saturated heterocycles. The fraction of sp³-hybridized carbons (Fsp3) is 0.667. The quantitative estimate of drug-likeness (QED) is 0.907. The summed E-state index contributed by atoms with van der Waals surface area (Å²) in [6, 6.07) is 0.197. The predicted octanol–water partition coefficient (Wildman–Crippen LogP) is 1.16. The van der Waals surface area contributed by atoms with E-state index in [-0.39, 0.29) is 19.0 Å². The molecule has 0 aromatic carbocycles. The highest BCUT2D eigenvalue weighted by Crippen LogP contribution is 2.34. The second-order valence-corrected chi connectivity index (χ2v) is 6.36. The molecule has 1 aromatic rings. The number of hydrogen-bond acceptors (Lipinski definition) is 4. The molecule has 1 aliphatic heterocycles. The third-order valence-corrected chi connectivity index (χ3v) is 4.69. The minimum Gasteiger partial charge on any atom is -0.352 e. The number of aromatic nitrogens is 2. The van der Waals surface area contributed by atoms with Crippen LogP contribution >= 0.6 is 0 Å². The van der Waals surface area contributed by atoms with Crippen molar-refractivity contribution in [2.75, 3.05) is 18.0 Å². The Kier molecular flexibility index (Phi) is 2.87. The maximum absolute atomic E-state index is 14.9. The molecule has 1 aromatic heterocycles. The van der Waals surface area contributed by atoms with E-state index in [9.17, 15) is 9.18 Å². The minimum absolute atomic E-state index is 0.106. The molecule has 21 heavy (non-hydrogen) atoms. The first-order valence-corrected chi connectivity index (χ1v) is 7.73. The maximum Gasteiger partial charge on any atom is 0.259 e. The zero-order chi connectivity index (χ0) is 14.4. The Bertz CT molecular complexity index is 589. The zero-order valence-corrected chi connectivity index (χ0v) is 11.9. The van der Waals surface area contributed by atoms with Gasteiger partial charge in [0.1, 0.15) is 12.1 Å². The van der Waals surface area contributed by atoms with Crippen LogP contribution in [0.3, 0.4) is 0 Å². The number of nitrogens with zero attached hydrogens (tertiary/aromatic N) is 3. The Labute approximate surface area is 123 Å². The van der Waals surface area contributed by atoms with E-state index < -0.39 is 11.6 Å². The third kappa shape index (κ3) is 2.26. The van der Waals surface area contributed by atoms with Crippen LogP contribution in [-0.4, -0.2) is 40.7 Å². The van der Waals surface area contributed by atoms with Crippen LogP contribution in [0.25, 0.3) is 0 Å². The molecule has 112 valence electrons. The van der Waals surface area contributed by atoms with Gasteiger partial charge in [-0.3, -0.25) is 4.79 Å². The molecule has 1 unspecified atom stereocenters. The molecule has 1 atom stereocenters. The summed E-state index contributed by atoms with van der Waals surface area (Å²) in [6.07, 6.45) is 6.76. The average Bonchev–Trinajstić information content (AvgIpc) is 3.01. The predicted molar refractivity (Wildman–Crippen MR) is 75.9 cm³/mol. The highest BCUT2D eigenvalue weighted by Gasteiger charge is 2.47. The number of aryl methyl sites for hydroxylation is 1. The molecule has 2 fully saturated rings. The molecule has 2 aliphatic carbocycles. The van der Waals surface area contributed by atoms with Gasteiger partial charge in [0.05, 0.1) is 6.54 Å². The largest absolute Gasteiger partial charge is 0.352 e. The molecular formula is C15H19FN4O. The molecule has 1 saturated carbocycles. The average molecular weight is 290 g/mol. The first-order valence-electron chi connectivity index (χ1n) is 7.73. The zero-order valence-electron chi connectivity index (χ0n) is 11.9. The van der Waals surface area contributed by atoms with Gasteiger partial charge in [0.15, 0.2) is 0 Å². The van der Waals surface area contributed by atoms with E-state index in [1.54, 1.807) is 6.33 Å². The number of anilines is 1. The molecule has 2 heterocycles. The van der Waals surface area contributed by atoms with Gasteiger partial charge in [0.25, 0.3) is 5.91 Å². The van der Waals surface area contributed by atoms with Crippen molar-refractivity contribution in [2.45, 2.75) is 50.2 Å². The van der Waals surface area contributed by atoms with Crippen molar-refractivity contribution in [1.82, 2.24) is 15.3 Å². The highest BCUT2D eigenvalue weighted by molar-refractivity contribution is 5.87. The van der Waals surface area contributed by atoms with Crippen molar-refractivity contribution < 1.29 is 9.18 Å². The summed E-state index contributed by atoms with van der Waals surface area (Å²) in [6.45, 7) is 0.646. The Morgan fingerprint density at radius 2 is 2.24 bits per heavy atom. The first kappa shape index (κ1) is 13.0. The molecule has 4 rings (SSSR count). The SMILES string of the molecule is O=C(NC1CC1)C1(F)CCN(c2ncnc3c2CCC3)C1. The van der Waals surface area contributed by atoms with E-state index in [0.29, 0.717) is 6.54 Å². The van der Waals surface area contributed by atoms with Crippen LogP contribution in [0.1, 0.15) is 36.9 Å². The van der Waals surface area contributed by atoms with Gasteiger partial charge in [0.2, 0.25) is 5.67 Å². The number of carbonyl (C=O) groups is 1. The summed E-state index contributed by atoms with van der Waals surface area (Å²) >= 11 is 0. The van der Waals surface area contributed by atoms with Crippen LogP contribution in [0.2, 0.25) is 0 Å². The molecule has 1 N–H and O–H groups in total. The van der Waals surface area contributed by atoms with Gasteiger partial charge in [-0.25, -0.2) is 14.4 Å². The lowest BCUT2D eigenvalue weighted by molar-refractivity contribution is -0.131. The van der Waals surface area contributed by atoms with Gasteiger partial charge in [-0.1, -0.05) is 0 Å². The van der Waals surface area contributed by atoms with Gasteiger partial charge in [-0.15, -0.1) is 0 Å². The van der Waals surface area contributed by atoms with E-state index in [4.69, 9.17) is 0 Å².